The molecule has 0 saturated carbocycles. The zero-order chi connectivity index (χ0) is 17.8. The summed E-state index contributed by atoms with van der Waals surface area (Å²) in [6, 6.07) is 7.29. The van der Waals surface area contributed by atoms with E-state index in [-0.39, 0.29) is 11.4 Å². The third-order valence-electron chi connectivity index (χ3n) is 3.45. The molecule has 1 N–H and O–H groups in total. The molecule has 2 aromatic heterocycles. The van der Waals surface area contributed by atoms with Gasteiger partial charge in [0, 0.05) is 24.0 Å². The second-order valence-corrected chi connectivity index (χ2v) is 5.57. The van der Waals surface area contributed by atoms with Gasteiger partial charge in [-0.3, -0.25) is 9.78 Å². The van der Waals surface area contributed by atoms with Crippen LogP contribution in [0.15, 0.2) is 55.2 Å². The topological polar surface area (TPSA) is 71.0 Å². The van der Waals surface area contributed by atoms with Gasteiger partial charge < -0.3 is 10.2 Å². The highest BCUT2D eigenvalue weighted by molar-refractivity contribution is 6.30. The number of benzene rings is 1. The average Bonchev–Trinajstić information content (AvgIpc) is 2.63. The van der Waals surface area contributed by atoms with E-state index in [0.717, 1.165) is 0 Å². The first-order valence-electron chi connectivity index (χ1n) is 7.26. The van der Waals surface area contributed by atoms with Crippen LogP contribution in [-0.4, -0.2) is 27.9 Å². The van der Waals surface area contributed by atoms with E-state index in [4.69, 9.17) is 11.6 Å². The minimum Gasteiger partial charge on any atom is -0.340 e. The predicted molar refractivity (Wildman–Crippen MR) is 93.7 cm³/mol. The molecule has 0 fully saturated rings. The number of hydrogen-bond acceptors (Lipinski definition) is 5. The quantitative estimate of drug-likeness (QED) is 0.771. The molecule has 0 saturated heterocycles. The summed E-state index contributed by atoms with van der Waals surface area (Å²) in [5, 5.41) is 3.08. The van der Waals surface area contributed by atoms with Crippen molar-refractivity contribution >= 4 is 34.6 Å². The monoisotopic (exact) mass is 357 g/mol. The lowest BCUT2D eigenvalue weighted by molar-refractivity contribution is 0.102. The number of amides is 1. The Bertz CT molecular complexity index is 907. The summed E-state index contributed by atoms with van der Waals surface area (Å²) in [6.07, 6.45) is 5.96. The number of carbonyl (C=O) groups excluding carboxylic acids is 1. The lowest BCUT2D eigenvalue weighted by Crippen LogP contribution is -2.15. The van der Waals surface area contributed by atoms with E-state index in [1.165, 1.54) is 36.8 Å². The van der Waals surface area contributed by atoms with Gasteiger partial charge in [0.05, 0.1) is 23.8 Å². The van der Waals surface area contributed by atoms with Gasteiger partial charge in [-0.1, -0.05) is 11.6 Å². The highest BCUT2D eigenvalue weighted by Crippen LogP contribution is 2.28. The van der Waals surface area contributed by atoms with Crippen molar-refractivity contribution in [3.8, 4) is 0 Å². The van der Waals surface area contributed by atoms with E-state index in [0.29, 0.717) is 16.4 Å². The van der Waals surface area contributed by atoms with E-state index in [9.17, 15) is 9.18 Å². The molecular weight excluding hydrogens is 345 g/mol. The number of aromatic nitrogens is 3. The molecule has 3 rings (SSSR count). The molecule has 1 aromatic carbocycles. The zero-order valence-corrected chi connectivity index (χ0v) is 13.9. The van der Waals surface area contributed by atoms with E-state index < -0.39 is 11.7 Å². The van der Waals surface area contributed by atoms with Crippen molar-refractivity contribution in [2.75, 3.05) is 17.3 Å². The number of rotatable bonds is 4. The second kappa shape index (κ2) is 7.23. The van der Waals surface area contributed by atoms with Crippen LogP contribution in [0, 0.1) is 5.82 Å². The molecule has 0 aliphatic rings. The molecule has 0 radical (unpaired) electrons. The number of carbonyl (C=O) groups is 1. The van der Waals surface area contributed by atoms with Gasteiger partial charge in [0.25, 0.3) is 5.91 Å². The van der Waals surface area contributed by atoms with Crippen molar-refractivity contribution in [3.63, 3.8) is 0 Å². The highest BCUT2D eigenvalue weighted by atomic mass is 35.5. The number of nitrogens with zero attached hydrogens (tertiary/aromatic N) is 4. The Kier molecular flexibility index (Phi) is 4.85. The third kappa shape index (κ3) is 3.89. The molecule has 25 heavy (non-hydrogen) atoms. The molecule has 2 heterocycles. The lowest BCUT2D eigenvalue weighted by atomic mass is 10.2. The van der Waals surface area contributed by atoms with E-state index in [1.807, 2.05) is 0 Å². The lowest BCUT2D eigenvalue weighted by Gasteiger charge is -2.20. The van der Waals surface area contributed by atoms with Gasteiger partial charge >= 0.3 is 0 Å². The summed E-state index contributed by atoms with van der Waals surface area (Å²) >= 11 is 5.86. The minimum absolute atomic E-state index is 0.170. The van der Waals surface area contributed by atoms with Crippen molar-refractivity contribution in [3.05, 3.63) is 71.8 Å². The van der Waals surface area contributed by atoms with Gasteiger partial charge in [-0.2, -0.15) is 0 Å². The molecule has 0 spiro atoms. The molecule has 1 amide bonds. The Morgan fingerprint density at radius 2 is 1.96 bits per heavy atom. The third-order valence-corrected chi connectivity index (χ3v) is 3.69. The van der Waals surface area contributed by atoms with Crippen molar-refractivity contribution in [2.24, 2.45) is 0 Å². The van der Waals surface area contributed by atoms with Crippen molar-refractivity contribution in [1.82, 2.24) is 15.0 Å². The smallest absolute Gasteiger partial charge is 0.274 e. The number of pyridine rings is 1. The van der Waals surface area contributed by atoms with E-state index in [2.05, 4.69) is 20.3 Å². The largest absolute Gasteiger partial charge is 0.340 e. The maximum absolute atomic E-state index is 14.2. The Labute approximate surface area is 148 Å². The summed E-state index contributed by atoms with van der Waals surface area (Å²) in [4.78, 5) is 25.6. The number of halogens is 2. The fourth-order valence-electron chi connectivity index (χ4n) is 2.18. The molecule has 0 atom stereocenters. The summed E-state index contributed by atoms with van der Waals surface area (Å²) in [5.41, 5.74) is 1.48. The number of nitrogens with one attached hydrogen (secondary N) is 1. The normalized spacial score (nSPS) is 10.4. The minimum atomic E-state index is -0.440. The molecular formula is C17H13ClFN5O. The first kappa shape index (κ1) is 16.8. The van der Waals surface area contributed by atoms with Gasteiger partial charge in [-0.05, 0) is 30.3 Å². The first-order valence-corrected chi connectivity index (χ1v) is 7.63. The molecule has 3 aromatic rings. The number of anilines is 3. The molecule has 126 valence electrons. The van der Waals surface area contributed by atoms with Crippen LogP contribution in [0.5, 0.6) is 0 Å². The van der Waals surface area contributed by atoms with Crippen LogP contribution < -0.4 is 10.2 Å². The van der Waals surface area contributed by atoms with Crippen molar-refractivity contribution in [2.45, 2.75) is 0 Å². The van der Waals surface area contributed by atoms with Crippen molar-refractivity contribution < 1.29 is 9.18 Å². The highest BCUT2D eigenvalue weighted by Gasteiger charge is 2.13. The van der Waals surface area contributed by atoms with Crippen LogP contribution in [0.25, 0.3) is 0 Å². The zero-order valence-electron chi connectivity index (χ0n) is 13.1. The van der Waals surface area contributed by atoms with E-state index >= 15 is 0 Å². The SMILES string of the molecule is CN(c1cncnc1)c1cc(NC(=O)c2cc(Cl)ccn2)ccc1F. The maximum Gasteiger partial charge on any atom is 0.274 e. The number of hydrogen-bond donors (Lipinski definition) is 1. The van der Waals surface area contributed by atoms with Crippen LogP contribution in [0.2, 0.25) is 5.02 Å². The summed E-state index contributed by atoms with van der Waals surface area (Å²) < 4.78 is 14.2. The van der Waals surface area contributed by atoms with Crippen LogP contribution in [-0.2, 0) is 0 Å². The first-order chi connectivity index (χ1) is 12.0. The molecule has 0 unspecified atom stereocenters. The average molecular weight is 358 g/mol. The molecule has 0 aliphatic carbocycles. The van der Waals surface area contributed by atoms with Crippen LogP contribution in [0.1, 0.15) is 10.5 Å². The Hall–Kier alpha value is -3.06. The van der Waals surface area contributed by atoms with Crippen LogP contribution in [0.3, 0.4) is 0 Å². The van der Waals surface area contributed by atoms with Crippen LogP contribution in [0.4, 0.5) is 21.5 Å². The molecule has 0 bridgehead atoms. The summed E-state index contributed by atoms with van der Waals surface area (Å²) in [7, 11) is 1.68. The van der Waals surface area contributed by atoms with E-state index in [1.54, 1.807) is 30.4 Å². The van der Waals surface area contributed by atoms with Gasteiger partial charge in [0.1, 0.15) is 17.8 Å². The summed E-state index contributed by atoms with van der Waals surface area (Å²) in [6.45, 7) is 0. The van der Waals surface area contributed by atoms with Crippen LogP contribution >= 0.6 is 11.6 Å². The Morgan fingerprint density at radius 3 is 2.68 bits per heavy atom. The summed E-state index contributed by atoms with van der Waals surface area (Å²) in [5.74, 6) is -0.879. The fourth-order valence-corrected chi connectivity index (χ4v) is 2.33. The fraction of sp³-hybridized carbons (Fsp3) is 0.0588. The molecule has 8 heteroatoms. The Morgan fingerprint density at radius 1 is 1.20 bits per heavy atom. The predicted octanol–water partition coefficient (Wildman–Crippen LogP) is 3.68. The van der Waals surface area contributed by atoms with Gasteiger partial charge in [-0.25, -0.2) is 14.4 Å². The van der Waals surface area contributed by atoms with Gasteiger partial charge in [0.15, 0.2) is 0 Å². The molecule has 6 nitrogen and oxygen atoms in total. The standard InChI is InChI=1S/C17H13ClFN5O/c1-24(13-8-20-10-21-9-13)16-7-12(2-3-14(16)19)23-17(25)15-6-11(18)4-5-22-15/h2-10H,1H3,(H,23,25). The van der Waals surface area contributed by atoms with Gasteiger partial charge in [-0.15, -0.1) is 0 Å². The van der Waals surface area contributed by atoms with Crippen molar-refractivity contribution in [1.29, 1.82) is 0 Å². The maximum atomic E-state index is 14.2. The molecule has 0 aliphatic heterocycles. The Balaban J connectivity index is 1.85. The van der Waals surface area contributed by atoms with Gasteiger partial charge in [0.2, 0.25) is 0 Å². The second-order valence-electron chi connectivity index (χ2n) is 5.14.